The Morgan fingerprint density at radius 2 is 1.90 bits per heavy atom. The van der Waals surface area contributed by atoms with E-state index in [0.717, 1.165) is 29.8 Å². The van der Waals surface area contributed by atoms with E-state index in [1.807, 2.05) is 25.6 Å². The first-order chi connectivity index (χ1) is 9.91. The predicted molar refractivity (Wildman–Crippen MR) is 80.1 cm³/mol. The van der Waals surface area contributed by atoms with E-state index in [1.54, 1.807) is 0 Å². The number of carboxylic acids is 1. The second kappa shape index (κ2) is 8.44. The van der Waals surface area contributed by atoms with Gasteiger partial charge in [-0.15, -0.1) is 0 Å². The Labute approximate surface area is 125 Å². The van der Waals surface area contributed by atoms with Gasteiger partial charge in [0.1, 0.15) is 0 Å². The Kier molecular flexibility index (Phi) is 6.91. The minimum Gasteiger partial charge on any atom is -0.481 e. The largest absolute Gasteiger partial charge is 0.481 e. The van der Waals surface area contributed by atoms with Gasteiger partial charge in [-0.2, -0.15) is 5.10 Å². The van der Waals surface area contributed by atoms with Crippen LogP contribution in [0.1, 0.15) is 49.1 Å². The zero-order valence-electron chi connectivity index (χ0n) is 13.1. The van der Waals surface area contributed by atoms with E-state index in [1.165, 1.54) is 0 Å². The summed E-state index contributed by atoms with van der Waals surface area (Å²) in [4.78, 5) is 22.1. The van der Waals surface area contributed by atoms with E-state index in [2.05, 4.69) is 10.4 Å². The summed E-state index contributed by atoms with van der Waals surface area (Å²) in [7, 11) is 1.91. The minimum absolute atomic E-state index is 0.0379. The lowest BCUT2D eigenvalue weighted by Gasteiger charge is -2.05. The number of hydrogen-bond donors (Lipinski definition) is 2. The fourth-order valence-corrected chi connectivity index (χ4v) is 2.31. The van der Waals surface area contributed by atoms with Crippen molar-refractivity contribution in [1.82, 2.24) is 15.1 Å². The summed E-state index contributed by atoms with van der Waals surface area (Å²) in [6.45, 7) is 4.59. The monoisotopic (exact) mass is 295 g/mol. The standard InChI is InChI=1S/C15H25N3O3/c1-11-13(12(2)18(3)17-11)8-9-14(19)16-10-6-4-5-7-15(20)21/h4-10H2,1-3H3,(H,16,19)(H,20,21). The Morgan fingerprint density at radius 1 is 1.19 bits per heavy atom. The molecule has 21 heavy (non-hydrogen) atoms. The third kappa shape index (κ3) is 5.97. The van der Waals surface area contributed by atoms with Crippen molar-refractivity contribution in [2.45, 2.75) is 52.4 Å². The van der Waals surface area contributed by atoms with Crippen molar-refractivity contribution >= 4 is 11.9 Å². The summed E-state index contributed by atoms with van der Waals surface area (Å²) >= 11 is 0. The van der Waals surface area contributed by atoms with Gasteiger partial charge in [-0.25, -0.2) is 0 Å². The maximum atomic E-state index is 11.8. The van der Waals surface area contributed by atoms with Crippen molar-refractivity contribution in [2.24, 2.45) is 7.05 Å². The third-order valence-electron chi connectivity index (χ3n) is 3.65. The lowest BCUT2D eigenvalue weighted by Crippen LogP contribution is -2.24. The second-order valence-electron chi connectivity index (χ2n) is 5.33. The van der Waals surface area contributed by atoms with Gasteiger partial charge in [0, 0.05) is 32.1 Å². The Bertz CT molecular complexity index is 495. The van der Waals surface area contributed by atoms with Crippen LogP contribution < -0.4 is 5.32 Å². The molecule has 1 heterocycles. The maximum absolute atomic E-state index is 11.8. The molecule has 1 aromatic heterocycles. The van der Waals surface area contributed by atoms with Crippen LogP contribution in [0.3, 0.4) is 0 Å². The first-order valence-corrected chi connectivity index (χ1v) is 7.39. The number of amides is 1. The first-order valence-electron chi connectivity index (χ1n) is 7.39. The molecule has 1 rings (SSSR count). The molecule has 0 atom stereocenters. The molecule has 0 saturated heterocycles. The van der Waals surface area contributed by atoms with Gasteiger partial charge in [-0.05, 0) is 38.7 Å². The van der Waals surface area contributed by atoms with Crippen LogP contribution >= 0.6 is 0 Å². The average molecular weight is 295 g/mol. The number of carboxylic acid groups (broad SMARTS) is 1. The third-order valence-corrected chi connectivity index (χ3v) is 3.65. The molecule has 0 bridgehead atoms. The highest BCUT2D eigenvalue weighted by atomic mass is 16.4. The molecule has 1 amide bonds. The number of nitrogens with one attached hydrogen (secondary N) is 1. The molecule has 0 aliphatic carbocycles. The van der Waals surface area contributed by atoms with Crippen LogP contribution in [0.2, 0.25) is 0 Å². The van der Waals surface area contributed by atoms with Crippen LogP contribution in [0.15, 0.2) is 0 Å². The summed E-state index contributed by atoms with van der Waals surface area (Å²) in [5, 5.41) is 15.7. The van der Waals surface area contributed by atoms with Crippen molar-refractivity contribution in [3.8, 4) is 0 Å². The van der Waals surface area contributed by atoms with Gasteiger partial charge in [-0.3, -0.25) is 14.3 Å². The van der Waals surface area contributed by atoms with Crippen molar-refractivity contribution in [3.05, 3.63) is 17.0 Å². The highest BCUT2D eigenvalue weighted by Gasteiger charge is 2.11. The fourth-order valence-electron chi connectivity index (χ4n) is 2.31. The molecule has 0 radical (unpaired) electrons. The topological polar surface area (TPSA) is 84.2 Å². The molecular formula is C15H25N3O3. The number of aryl methyl sites for hydroxylation is 2. The van der Waals surface area contributed by atoms with Crippen molar-refractivity contribution in [3.63, 3.8) is 0 Å². The normalized spacial score (nSPS) is 10.6. The number of nitrogens with zero attached hydrogens (tertiary/aromatic N) is 2. The second-order valence-corrected chi connectivity index (χ2v) is 5.33. The van der Waals surface area contributed by atoms with E-state index in [0.29, 0.717) is 25.8 Å². The summed E-state index contributed by atoms with van der Waals surface area (Å²) in [6.07, 6.45) is 3.68. The van der Waals surface area contributed by atoms with Crippen molar-refractivity contribution in [2.75, 3.05) is 6.54 Å². The van der Waals surface area contributed by atoms with Crippen LogP contribution in [0.4, 0.5) is 0 Å². The van der Waals surface area contributed by atoms with Crippen LogP contribution in [0, 0.1) is 13.8 Å². The quantitative estimate of drug-likeness (QED) is 0.680. The van der Waals surface area contributed by atoms with E-state index in [-0.39, 0.29) is 12.3 Å². The zero-order chi connectivity index (χ0) is 15.8. The molecular weight excluding hydrogens is 270 g/mol. The van der Waals surface area contributed by atoms with Crippen LogP contribution in [-0.2, 0) is 23.1 Å². The molecule has 118 valence electrons. The molecule has 0 fully saturated rings. The van der Waals surface area contributed by atoms with Gasteiger partial charge in [-0.1, -0.05) is 6.42 Å². The molecule has 0 aliphatic rings. The molecule has 0 unspecified atom stereocenters. The molecule has 6 nitrogen and oxygen atoms in total. The number of rotatable bonds is 9. The molecule has 0 aliphatic heterocycles. The van der Waals surface area contributed by atoms with E-state index in [4.69, 9.17) is 5.11 Å². The Morgan fingerprint density at radius 3 is 2.48 bits per heavy atom. The number of unbranched alkanes of at least 4 members (excludes halogenated alkanes) is 2. The lowest BCUT2D eigenvalue weighted by molar-refractivity contribution is -0.137. The van der Waals surface area contributed by atoms with Crippen molar-refractivity contribution < 1.29 is 14.7 Å². The molecule has 0 aromatic carbocycles. The first kappa shape index (κ1) is 17.2. The summed E-state index contributed by atoms with van der Waals surface area (Å²) in [5.74, 6) is -0.725. The highest BCUT2D eigenvalue weighted by molar-refractivity contribution is 5.76. The number of aromatic nitrogens is 2. The maximum Gasteiger partial charge on any atom is 0.303 e. The van der Waals surface area contributed by atoms with Gasteiger partial charge in [0.15, 0.2) is 0 Å². The zero-order valence-corrected chi connectivity index (χ0v) is 13.1. The van der Waals surface area contributed by atoms with E-state index in [9.17, 15) is 9.59 Å². The number of hydrogen-bond acceptors (Lipinski definition) is 3. The summed E-state index contributed by atoms with van der Waals surface area (Å²) in [5.41, 5.74) is 3.24. The van der Waals surface area contributed by atoms with Crippen LogP contribution in [0.5, 0.6) is 0 Å². The SMILES string of the molecule is Cc1nn(C)c(C)c1CCC(=O)NCCCCCC(=O)O. The number of aliphatic carboxylic acids is 1. The molecule has 2 N–H and O–H groups in total. The predicted octanol–water partition coefficient (Wildman–Crippen LogP) is 1.73. The number of carbonyl (C=O) groups excluding carboxylic acids is 1. The van der Waals surface area contributed by atoms with E-state index < -0.39 is 5.97 Å². The van der Waals surface area contributed by atoms with Gasteiger partial charge in [0.2, 0.25) is 5.91 Å². The Balaban J connectivity index is 2.18. The smallest absolute Gasteiger partial charge is 0.303 e. The Hall–Kier alpha value is -1.85. The summed E-state index contributed by atoms with van der Waals surface area (Å²) in [6, 6.07) is 0. The lowest BCUT2D eigenvalue weighted by atomic mass is 10.1. The van der Waals surface area contributed by atoms with E-state index >= 15 is 0 Å². The number of carbonyl (C=O) groups is 2. The van der Waals surface area contributed by atoms with Crippen molar-refractivity contribution in [1.29, 1.82) is 0 Å². The average Bonchev–Trinajstić information content (AvgIpc) is 2.65. The fraction of sp³-hybridized carbons (Fsp3) is 0.667. The summed E-state index contributed by atoms with van der Waals surface area (Å²) < 4.78 is 1.84. The molecule has 0 saturated carbocycles. The van der Waals surface area contributed by atoms with Crippen LogP contribution in [0.25, 0.3) is 0 Å². The minimum atomic E-state index is -0.763. The van der Waals surface area contributed by atoms with Crippen LogP contribution in [-0.4, -0.2) is 33.3 Å². The highest BCUT2D eigenvalue weighted by Crippen LogP contribution is 2.13. The van der Waals surface area contributed by atoms with Gasteiger partial charge in [0.05, 0.1) is 5.69 Å². The molecule has 1 aromatic rings. The van der Waals surface area contributed by atoms with Gasteiger partial charge in [0.25, 0.3) is 0 Å². The molecule has 6 heteroatoms. The molecule has 0 spiro atoms. The van der Waals surface area contributed by atoms with Gasteiger partial charge < -0.3 is 10.4 Å². The van der Waals surface area contributed by atoms with Gasteiger partial charge >= 0.3 is 5.97 Å².